The summed E-state index contributed by atoms with van der Waals surface area (Å²) in [7, 11) is 0. The maximum atomic E-state index is 11.5. The van der Waals surface area contributed by atoms with E-state index in [9.17, 15) is 9.90 Å². The molecule has 0 radical (unpaired) electrons. The molecule has 3 nitrogen and oxygen atoms in total. The lowest BCUT2D eigenvalue weighted by atomic mass is 10.1. The Morgan fingerprint density at radius 2 is 2.25 bits per heavy atom. The Kier molecular flexibility index (Phi) is 4.12. The van der Waals surface area contributed by atoms with E-state index < -0.39 is 12.0 Å². The van der Waals surface area contributed by atoms with Gasteiger partial charge in [-0.1, -0.05) is 17.7 Å². The first-order valence-electron chi connectivity index (χ1n) is 6.44. The number of thiophene rings is 2. The molecule has 20 heavy (non-hydrogen) atoms. The average Bonchev–Trinajstić information content (AvgIpc) is 3.12. The van der Waals surface area contributed by atoms with Crippen LogP contribution in [0.4, 0.5) is 0 Å². The fraction of sp³-hybridized carbons (Fsp3) is 0.357. The summed E-state index contributed by atoms with van der Waals surface area (Å²) < 4.78 is 0.743. The molecule has 1 fully saturated rings. The van der Waals surface area contributed by atoms with Gasteiger partial charge in [0.2, 0.25) is 0 Å². The second-order valence-electron chi connectivity index (χ2n) is 4.79. The van der Waals surface area contributed by atoms with Gasteiger partial charge in [-0.15, -0.1) is 22.7 Å². The van der Waals surface area contributed by atoms with Gasteiger partial charge in [0, 0.05) is 16.3 Å². The van der Waals surface area contributed by atoms with Gasteiger partial charge < -0.3 is 5.11 Å². The van der Waals surface area contributed by atoms with Gasteiger partial charge in [-0.2, -0.15) is 0 Å². The van der Waals surface area contributed by atoms with Crippen molar-refractivity contribution < 1.29 is 9.90 Å². The summed E-state index contributed by atoms with van der Waals surface area (Å²) in [6, 6.07) is 7.58. The number of nitrogens with zero attached hydrogens (tertiary/aromatic N) is 1. The molecule has 1 saturated heterocycles. The fourth-order valence-corrected chi connectivity index (χ4v) is 4.89. The molecule has 0 aliphatic carbocycles. The predicted molar refractivity (Wildman–Crippen MR) is 82.9 cm³/mol. The quantitative estimate of drug-likeness (QED) is 0.919. The molecule has 6 heteroatoms. The van der Waals surface area contributed by atoms with Crippen LogP contribution in [0.25, 0.3) is 0 Å². The molecular weight excluding hydrogens is 314 g/mol. The number of hydrogen-bond acceptors (Lipinski definition) is 4. The van der Waals surface area contributed by atoms with Gasteiger partial charge in [0.15, 0.2) is 0 Å². The topological polar surface area (TPSA) is 40.5 Å². The second-order valence-corrected chi connectivity index (χ2v) is 7.52. The van der Waals surface area contributed by atoms with Crippen LogP contribution in [0.2, 0.25) is 4.34 Å². The highest BCUT2D eigenvalue weighted by molar-refractivity contribution is 7.16. The predicted octanol–water partition coefficient (Wildman–Crippen LogP) is 4.10. The molecule has 2 aromatic rings. The number of likely N-dealkylation sites (tertiary alicyclic amines) is 1. The van der Waals surface area contributed by atoms with Crippen molar-refractivity contribution in [3.63, 3.8) is 0 Å². The first-order chi connectivity index (χ1) is 9.66. The summed E-state index contributed by atoms with van der Waals surface area (Å²) >= 11 is 9.26. The normalized spacial score (nSPS) is 21.1. The zero-order valence-electron chi connectivity index (χ0n) is 10.7. The van der Waals surface area contributed by atoms with Gasteiger partial charge in [-0.3, -0.25) is 9.69 Å². The van der Waals surface area contributed by atoms with Crippen LogP contribution in [0, 0.1) is 0 Å². The van der Waals surface area contributed by atoms with E-state index in [1.54, 1.807) is 11.3 Å². The van der Waals surface area contributed by atoms with Gasteiger partial charge in [0.1, 0.15) is 6.04 Å². The van der Waals surface area contributed by atoms with E-state index in [1.807, 2.05) is 23.6 Å². The molecule has 0 aromatic carbocycles. The van der Waals surface area contributed by atoms with E-state index in [-0.39, 0.29) is 6.04 Å². The molecule has 3 rings (SSSR count). The molecule has 1 N–H and O–H groups in total. The number of aliphatic carboxylic acids is 1. The summed E-state index contributed by atoms with van der Waals surface area (Å²) in [6.45, 7) is 0.815. The Labute approximate surface area is 130 Å². The van der Waals surface area contributed by atoms with Crippen LogP contribution < -0.4 is 0 Å². The van der Waals surface area contributed by atoms with Crippen molar-refractivity contribution in [2.75, 3.05) is 6.54 Å². The van der Waals surface area contributed by atoms with Crippen LogP contribution >= 0.6 is 34.3 Å². The highest BCUT2D eigenvalue weighted by Gasteiger charge is 2.37. The molecule has 0 spiro atoms. The van der Waals surface area contributed by atoms with E-state index in [1.165, 1.54) is 16.2 Å². The third kappa shape index (κ3) is 2.63. The Morgan fingerprint density at radius 1 is 1.40 bits per heavy atom. The van der Waals surface area contributed by atoms with Crippen LogP contribution in [0.15, 0.2) is 29.6 Å². The third-order valence-corrected chi connectivity index (χ3v) is 5.80. The minimum Gasteiger partial charge on any atom is -0.480 e. The number of carboxylic acids is 1. The molecule has 106 valence electrons. The lowest BCUT2D eigenvalue weighted by molar-refractivity contribution is -0.142. The lowest BCUT2D eigenvalue weighted by Gasteiger charge is -2.29. The van der Waals surface area contributed by atoms with Gasteiger partial charge in [-0.25, -0.2) is 0 Å². The first-order valence-corrected chi connectivity index (χ1v) is 8.51. The first kappa shape index (κ1) is 14.1. The summed E-state index contributed by atoms with van der Waals surface area (Å²) in [5, 5.41) is 11.5. The summed E-state index contributed by atoms with van der Waals surface area (Å²) in [4.78, 5) is 15.8. The minimum atomic E-state index is -0.730. The number of hydrogen-bond donors (Lipinski definition) is 1. The molecular formula is C14H14ClNO2S2. The summed E-state index contributed by atoms with van der Waals surface area (Å²) in [5.74, 6) is -0.730. The monoisotopic (exact) mass is 327 g/mol. The molecule has 1 aliphatic rings. The Balaban J connectivity index is 2.00. The molecule has 3 heterocycles. The van der Waals surface area contributed by atoms with Gasteiger partial charge in [-0.05, 0) is 36.4 Å². The van der Waals surface area contributed by atoms with Gasteiger partial charge in [0.25, 0.3) is 0 Å². The highest BCUT2D eigenvalue weighted by atomic mass is 35.5. The van der Waals surface area contributed by atoms with E-state index in [4.69, 9.17) is 11.6 Å². The molecule has 2 unspecified atom stereocenters. The molecule has 0 saturated carbocycles. The maximum absolute atomic E-state index is 11.5. The standard InChI is InChI=1S/C14H14ClNO2S2/c15-12-6-5-11(20-12)13(10-4-2-8-19-10)16-7-1-3-9(16)14(17)18/h2,4-6,8-9,13H,1,3,7H2,(H,17,18). The van der Waals surface area contributed by atoms with Crippen molar-refractivity contribution in [1.82, 2.24) is 4.90 Å². The number of rotatable bonds is 4. The van der Waals surface area contributed by atoms with E-state index in [2.05, 4.69) is 11.0 Å². The molecule has 0 bridgehead atoms. The molecule has 2 aromatic heterocycles. The van der Waals surface area contributed by atoms with Crippen LogP contribution in [0.1, 0.15) is 28.6 Å². The van der Waals surface area contributed by atoms with Crippen LogP contribution in [0.5, 0.6) is 0 Å². The Morgan fingerprint density at radius 3 is 2.85 bits per heavy atom. The minimum absolute atomic E-state index is 0.0103. The Hall–Kier alpha value is -0.880. The van der Waals surface area contributed by atoms with Crippen LogP contribution in [-0.4, -0.2) is 28.6 Å². The van der Waals surface area contributed by atoms with Crippen LogP contribution in [0.3, 0.4) is 0 Å². The van der Waals surface area contributed by atoms with Gasteiger partial charge >= 0.3 is 5.97 Å². The molecule has 0 amide bonds. The number of carboxylic acid groups (broad SMARTS) is 1. The van der Waals surface area contributed by atoms with E-state index >= 15 is 0 Å². The van der Waals surface area contributed by atoms with E-state index in [0.29, 0.717) is 0 Å². The van der Waals surface area contributed by atoms with E-state index in [0.717, 1.165) is 28.6 Å². The number of halogens is 1. The summed E-state index contributed by atoms with van der Waals surface area (Å²) in [5.41, 5.74) is 0. The lowest BCUT2D eigenvalue weighted by Crippen LogP contribution is -2.38. The smallest absolute Gasteiger partial charge is 0.320 e. The highest BCUT2D eigenvalue weighted by Crippen LogP contribution is 2.40. The van der Waals surface area contributed by atoms with Gasteiger partial charge in [0.05, 0.1) is 10.4 Å². The van der Waals surface area contributed by atoms with Crippen molar-refractivity contribution >= 4 is 40.2 Å². The molecule has 2 atom stereocenters. The SMILES string of the molecule is O=C(O)C1CCCN1C(c1cccs1)c1ccc(Cl)s1. The number of carbonyl (C=O) groups is 1. The zero-order valence-corrected chi connectivity index (χ0v) is 13.0. The van der Waals surface area contributed by atoms with Crippen molar-refractivity contribution in [3.8, 4) is 0 Å². The van der Waals surface area contributed by atoms with Crippen molar-refractivity contribution in [3.05, 3.63) is 43.7 Å². The third-order valence-electron chi connectivity index (χ3n) is 3.59. The van der Waals surface area contributed by atoms with Crippen molar-refractivity contribution in [1.29, 1.82) is 0 Å². The molecule has 1 aliphatic heterocycles. The van der Waals surface area contributed by atoms with Crippen molar-refractivity contribution in [2.24, 2.45) is 0 Å². The zero-order chi connectivity index (χ0) is 14.1. The second kappa shape index (κ2) is 5.85. The fourth-order valence-electron chi connectivity index (χ4n) is 2.75. The Bertz CT molecular complexity index is 596. The van der Waals surface area contributed by atoms with Crippen molar-refractivity contribution in [2.45, 2.75) is 24.9 Å². The van der Waals surface area contributed by atoms with Crippen LogP contribution in [-0.2, 0) is 4.79 Å². The summed E-state index contributed by atoms with van der Waals surface area (Å²) in [6.07, 6.45) is 1.65. The maximum Gasteiger partial charge on any atom is 0.320 e. The average molecular weight is 328 g/mol. The largest absolute Gasteiger partial charge is 0.480 e.